The quantitative estimate of drug-likeness (QED) is 0.164. The van der Waals surface area contributed by atoms with Gasteiger partial charge in [-0.15, -0.1) is 5.11 Å². The minimum atomic E-state index is -0.542. The van der Waals surface area contributed by atoms with Crippen molar-refractivity contribution in [2.45, 2.75) is 64.3 Å². The maximum atomic E-state index is 13.8. The lowest BCUT2D eigenvalue weighted by Gasteiger charge is -2.27. The van der Waals surface area contributed by atoms with Crippen molar-refractivity contribution in [2.75, 3.05) is 38.2 Å². The van der Waals surface area contributed by atoms with Crippen LogP contribution in [0.15, 0.2) is 82.0 Å². The van der Waals surface area contributed by atoms with Crippen molar-refractivity contribution in [1.29, 1.82) is 0 Å². The Hall–Kier alpha value is -4.74. The van der Waals surface area contributed by atoms with E-state index in [4.69, 9.17) is 10.5 Å². The van der Waals surface area contributed by atoms with Gasteiger partial charge in [-0.25, -0.2) is 4.99 Å². The first-order chi connectivity index (χ1) is 24.9. The molecule has 2 fully saturated rings. The van der Waals surface area contributed by atoms with Crippen molar-refractivity contribution >= 4 is 29.1 Å². The highest BCUT2D eigenvalue weighted by Crippen LogP contribution is 2.33. The summed E-state index contributed by atoms with van der Waals surface area (Å²) in [5.41, 5.74) is 10.7. The number of amides is 2. The summed E-state index contributed by atoms with van der Waals surface area (Å²) in [6.07, 6.45) is 5.99. The second-order valence-electron chi connectivity index (χ2n) is 13.8. The highest BCUT2D eigenvalue weighted by Gasteiger charge is 2.30. The molecule has 1 atom stereocenters. The number of hydrogen-bond donors (Lipinski definition) is 4. The summed E-state index contributed by atoms with van der Waals surface area (Å²) < 4.78 is 6.00. The van der Waals surface area contributed by atoms with E-state index in [0.717, 1.165) is 73.9 Å². The Kier molecular flexibility index (Phi) is 12.3. The standard InChI is InChI=1S/C40H49N7O4/c1-2-51-37-23-31(39(49)46-34-17-19-42-20-18-34)13-16-35(37)28-7-3-26(4-8-28)21-32(22-36(48)29-9-5-27(24-41)6-10-29)40(50)45-33-14-11-30(12-15-33)38-43-25-44-47-38/h3-4,7-8,11-16,23,27,29,32,34,42H,2,5-6,9-10,17-22,24-25,41H2,1H3,(H,45,50)(H,46,49)/t27?,29?,32-/m1/s1. The first-order valence-corrected chi connectivity index (χ1v) is 18.3. The topological polar surface area (TPSA) is 160 Å². The fourth-order valence-corrected chi connectivity index (χ4v) is 7.23. The molecule has 2 amide bonds. The van der Waals surface area contributed by atoms with Crippen molar-refractivity contribution in [3.8, 4) is 16.9 Å². The van der Waals surface area contributed by atoms with Gasteiger partial charge in [0, 0.05) is 46.7 Å². The molecule has 11 heteroatoms. The number of amidine groups is 1. The highest BCUT2D eigenvalue weighted by molar-refractivity contribution is 6.01. The lowest BCUT2D eigenvalue weighted by Crippen LogP contribution is -2.42. The molecule has 3 aromatic carbocycles. The van der Waals surface area contributed by atoms with E-state index in [1.54, 1.807) is 0 Å². The van der Waals surface area contributed by atoms with Crippen molar-refractivity contribution in [1.82, 2.24) is 10.6 Å². The molecular formula is C40H49N7O4. The number of carbonyl (C=O) groups is 3. The van der Waals surface area contributed by atoms with Crippen molar-refractivity contribution in [3.63, 3.8) is 0 Å². The van der Waals surface area contributed by atoms with E-state index in [1.165, 1.54) is 0 Å². The molecule has 0 spiro atoms. The third-order valence-electron chi connectivity index (χ3n) is 10.3. The number of ketones is 1. The Morgan fingerprint density at radius 3 is 2.31 bits per heavy atom. The van der Waals surface area contributed by atoms with E-state index in [-0.39, 0.29) is 36.0 Å². The molecule has 1 saturated carbocycles. The molecule has 11 nitrogen and oxygen atoms in total. The molecule has 6 rings (SSSR count). The molecule has 268 valence electrons. The van der Waals surface area contributed by atoms with E-state index in [1.807, 2.05) is 73.7 Å². The van der Waals surface area contributed by atoms with Crippen LogP contribution >= 0.6 is 0 Å². The number of anilines is 1. The van der Waals surface area contributed by atoms with E-state index >= 15 is 0 Å². The predicted molar refractivity (Wildman–Crippen MR) is 199 cm³/mol. The van der Waals surface area contributed by atoms with E-state index in [9.17, 15) is 14.4 Å². The average Bonchev–Trinajstić information content (AvgIpc) is 3.71. The number of nitrogens with zero attached hydrogens (tertiary/aromatic N) is 3. The summed E-state index contributed by atoms with van der Waals surface area (Å²) in [4.78, 5) is 44.7. The predicted octanol–water partition coefficient (Wildman–Crippen LogP) is 5.93. The van der Waals surface area contributed by atoms with Gasteiger partial charge in [-0.2, -0.15) is 5.11 Å². The molecule has 5 N–H and O–H groups in total. The number of nitrogens with one attached hydrogen (secondary N) is 3. The molecule has 2 heterocycles. The van der Waals surface area contributed by atoms with Crippen LogP contribution in [0.5, 0.6) is 5.75 Å². The Morgan fingerprint density at radius 2 is 1.65 bits per heavy atom. The Morgan fingerprint density at radius 1 is 0.922 bits per heavy atom. The summed E-state index contributed by atoms with van der Waals surface area (Å²) in [7, 11) is 0. The molecule has 2 aliphatic heterocycles. The number of benzene rings is 3. The van der Waals surface area contributed by atoms with Gasteiger partial charge in [-0.3, -0.25) is 14.4 Å². The zero-order chi connectivity index (χ0) is 35.6. The summed E-state index contributed by atoms with van der Waals surface area (Å²) in [5.74, 6) is 0.978. The van der Waals surface area contributed by atoms with Crippen molar-refractivity contribution < 1.29 is 19.1 Å². The maximum Gasteiger partial charge on any atom is 0.251 e. The SMILES string of the molecule is CCOc1cc(C(=O)NC2CCNCC2)ccc1-c1ccc(C[C@H](CC(=O)C2CCC(CN)CC2)C(=O)Nc2ccc(C3=NCN=N3)cc2)cc1. The van der Waals surface area contributed by atoms with Crippen LogP contribution in [0.2, 0.25) is 0 Å². The number of ether oxygens (including phenoxy) is 1. The molecule has 0 radical (unpaired) electrons. The smallest absolute Gasteiger partial charge is 0.251 e. The van der Waals surface area contributed by atoms with Crippen LogP contribution in [0.1, 0.15) is 73.4 Å². The maximum absolute atomic E-state index is 13.8. The highest BCUT2D eigenvalue weighted by atomic mass is 16.5. The number of hydrogen-bond acceptors (Lipinski definition) is 9. The van der Waals surface area contributed by atoms with Crippen molar-refractivity contribution in [2.24, 2.45) is 38.7 Å². The van der Waals surface area contributed by atoms with E-state index < -0.39 is 5.92 Å². The van der Waals surface area contributed by atoms with Crippen LogP contribution in [-0.4, -0.2) is 62.4 Å². The molecule has 3 aromatic rings. The van der Waals surface area contributed by atoms with Gasteiger partial charge < -0.3 is 26.4 Å². The van der Waals surface area contributed by atoms with Crippen LogP contribution in [0, 0.1) is 17.8 Å². The van der Waals surface area contributed by atoms with E-state index in [2.05, 4.69) is 31.2 Å². The summed E-state index contributed by atoms with van der Waals surface area (Å²) in [6, 6.07) is 21.1. The second-order valence-corrected chi connectivity index (χ2v) is 13.8. The number of carbonyl (C=O) groups excluding carboxylic acids is 3. The second kappa shape index (κ2) is 17.5. The molecular weight excluding hydrogens is 642 g/mol. The average molecular weight is 692 g/mol. The summed E-state index contributed by atoms with van der Waals surface area (Å²) in [6.45, 7) is 5.18. The van der Waals surface area contributed by atoms with Gasteiger partial charge in [0.1, 0.15) is 11.5 Å². The lowest BCUT2D eigenvalue weighted by molar-refractivity contribution is -0.129. The van der Waals surface area contributed by atoms with E-state index in [0.29, 0.717) is 55.0 Å². The molecule has 0 unspecified atom stereocenters. The third-order valence-corrected chi connectivity index (χ3v) is 10.3. The van der Waals surface area contributed by atoms with Crippen LogP contribution in [-0.2, 0) is 16.0 Å². The monoisotopic (exact) mass is 691 g/mol. The minimum absolute atomic E-state index is 0.0344. The minimum Gasteiger partial charge on any atom is -0.493 e. The number of rotatable bonds is 14. The third kappa shape index (κ3) is 9.53. The first-order valence-electron chi connectivity index (χ1n) is 18.3. The van der Waals surface area contributed by atoms with Gasteiger partial charge >= 0.3 is 0 Å². The zero-order valence-corrected chi connectivity index (χ0v) is 29.4. The number of piperidine rings is 1. The summed E-state index contributed by atoms with van der Waals surface area (Å²) >= 11 is 0. The summed E-state index contributed by atoms with van der Waals surface area (Å²) in [5, 5.41) is 17.5. The molecule has 0 bridgehead atoms. The van der Waals surface area contributed by atoms with Crippen LogP contribution in [0.3, 0.4) is 0 Å². The van der Waals surface area contributed by atoms with Gasteiger partial charge in [0.15, 0.2) is 12.5 Å². The Labute approximate surface area is 299 Å². The number of Topliss-reactive ketones (excluding diaryl/α,β-unsaturated/α-hetero) is 1. The number of aliphatic imine (C=N–C) groups is 1. The fourth-order valence-electron chi connectivity index (χ4n) is 7.23. The molecule has 51 heavy (non-hydrogen) atoms. The van der Waals surface area contributed by atoms with Gasteiger partial charge in [0.25, 0.3) is 5.91 Å². The van der Waals surface area contributed by atoms with Crippen LogP contribution < -0.4 is 26.4 Å². The fraction of sp³-hybridized carbons (Fsp3) is 0.450. The lowest BCUT2D eigenvalue weighted by atomic mass is 9.77. The number of nitrogens with two attached hydrogens (primary N) is 1. The van der Waals surface area contributed by atoms with Gasteiger partial charge in [-0.1, -0.05) is 24.3 Å². The number of azo groups is 1. The van der Waals surface area contributed by atoms with Crippen LogP contribution in [0.25, 0.3) is 11.1 Å². The largest absolute Gasteiger partial charge is 0.493 e. The molecule has 1 aliphatic carbocycles. The van der Waals surface area contributed by atoms with Gasteiger partial charge in [-0.05, 0) is 131 Å². The Bertz CT molecular complexity index is 1720. The zero-order valence-electron chi connectivity index (χ0n) is 29.4. The van der Waals surface area contributed by atoms with Gasteiger partial charge in [0.2, 0.25) is 5.91 Å². The Balaban J connectivity index is 1.16. The first kappa shape index (κ1) is 36.1. The molecule has 1 saturated heterocycles. The van der Waals surface area contributed by atoms with Crippen LogP contribution in [0.4, 0.5) is 5.69 Å². The molecule has 3 aliphatic rings. The normalized spacial score (nSPS) is 19.6. The van der Waals surface area contributed by atoms with Crippen molar-refractivity contribution in [3.05, 3.63) is 83.4 Å². The van der Waals surface area contributed by atoms with Gasteiger partial charge in [0.05, 0.1) is 6.61 Å². The molecule has 0 aromatic heterocycles.